The molecule has 0 radical (unpaired) electrons. The van der Waals surface area contributed by atoms with E-state index in [1.807, 2.05) is 13.8 Å². The van der Waals surface area contributed by atoms with Crippen LogP contribution in [0.25, 0.3) is 11.3 Å². The summed E-state index contributed by atoms with van der Waals surface area (Å²) in [5.41, 5.74) is 16.2. The average Bonchev–Trinajstić information content (AvgIpc) is 3.11. The van der Waals surface area contributed by atoms with Crippen LogP contribution in [0.3, 0.4) is 0 Å². The summed E-state index contributed by atoms with van der Waals surface area (Å²) in [5, 5.41) is 0. The van der Waals surface area contributed by atoms with Crippen molar-refractivity contribution >= 4 is 11.5 Å². The van der Waals surface area contributed by atoms with E-state index in [9.17, 15) is 4.39 Å². The first-order chi connectivity index (χ1) is 14.9. The Labute approximate surface area is 179 Å². The number of ether oxygens (including phenoxy) is 1. The Morgan fingerprint density at radius 2 is 2.13 bits per heavy atom. The van der Waals surface area contributed by atoms with Crippen LogP contribution >= 0.6 is 0 Å². The summed E-state index contributed by atoms with van der Waals surface area (Å²) in [6.45, 7) is 6.09. The third-order valence-corrected chi connectivity index (χ3v) is 5.14. The molecular weight excluding hydrogens is 397 g/mol. The second-order valence-electron chi connectivity index (χ2n) is 7.30. The highest BCUT2D eigenvalue weighted by molar-refractivity contribution is 6.13. The third kappa shape index (κ3) is 3.88. The first-order valence-corrected chi connectivity index (χ1v) is 10.1. The van der Waals surface area contributed by atoms with Gasteiger partial charge in [0.25, 0.3) is 0 Å². The van der Waals surface area contributed by atoms with Crippen molar-refractivity contribution in [2.75, 3.05) is 12.3 Å². The van der Waals surface area contributed by atoms with E-state index in [2.05, 4.69) is 15.0 Å². The van der Waals surface area contributed by atoms with Gasteiger partial charge in [-0.25, -0.2) is 14.4 Å². The second-order valence-corrected chi connectivity index (χ2v) is 7.30. The lowest BCUT2D eigenvalue weighted by atomic mass is 9.95. The maximum absolute atomic E-state index is 14.2. The molecule has 1 aliphatic rings. The fraction of sp³-hybridized carbons (Fsp3) is 0.261. The molecule has 0 fully saturated rings. The van der Waals surface area contributed by atoms with Crippen molar-refractivity contribution < 1.29 is 13.5 Å². The molecular formula is C23H24FN5O2. The molecule has 1 atom stereocenters. The number of hydrogen-bond donors (Lipinski definition) is 2. The Morgan fingerprint density at radius 1 is 1.32 bits per heavy atom. The largest absolute Gasteiger partial charge is 0.482 e. The molecule has 160 valence electrons. The Hall–Kier alpha value is -3.68. The van der Waals surface area contributed by atoms with E-state index in [4.69, 9.17) is 20.6 Å². The molecule has 31 heavy (non-hydrogen) atoms. The van der Waals surface area contributed by atoms with Crippen molar-refractivity contribution in [3.8, 4) is 17.1 Å². The number of aromatic nitrogens is 2. The lowest BCUT2D eigenvalue weighted by molar-refractivity contribution is 0.227. The molecule has 2 bridgehead atoms. The molecule has 7 nitrogen and oxygen atoms in total. The summed E-state index contributed by atoms with van der Waals surface area (Å²) in [6.07, 6.45) is 3.00. The van der Waals surface area contributed by atoms with Crippen LogP contribution in [0.5, 0.6) is 5.75 Å². The SMILES string of the molecule is CCN=C1C(=CN)Cc2nc(C)oc2-c2ccc(F)cc2[C@@H](C)Oc2cc1cnc2N. The van der Waals surface area contributed by atoms with Gasteiger partial charge in [0.1, 0.15) is 11.9 Å². The Morgan fingerprint density at radius 3 is 2.87 bits per heavy atom. The van der Waals surface area contributed by atoms with Crippen LogP contribution in [-0.2, 0) is 6.42 Å². The molecule has 0 spiro atoms. The maximum Gasteiger partial charge on any atom is 0.192 e. The van der Waals surface area contributed by atoms with Gasteiger partial charge in [-0.3, -0.25) is 4.99 Å². The van der Waals surface area contributed by atoms with Gasteiger partial charge in [0.2, 0.25) is 0 Å². The predicted octanol–water partition coefficient (Wildman–Crippen LogP) is 4.11. The molecule has 8 heteroatoms. The van der Waals surface area contributed by atoms with Crippen LogP contribution in [0, 0.1) is 12.7 Å². The fourth-order valence-electron chi connectivity index (χ4n) is 3.75. The van der Waals surface area contributed by atoms with Crippen molar-refractivity contribution in [3.63, 3.8) is 0 Å². The number of allylic oxidation sites excluding steroid dienone is 1. The summed E-state index contributed by atoms with van der Waals surface area (Å²) in [6, 6.07) is 6.28. The molecule has 3 heterocycles. The van der Waals surface area contributed by atoms with Gasteiger partial charge >= 0.3 is 0 Å². The number of halogens is 1. The zero-order valence-corrected chi connectivity index (χ0v) is 17.6. The number of nitrogen functional groups attached to an aromatic ring is 1. The smallest absolute Gasteiger partial charge is 0.192 e. The number of benzene rings is 1. The number of aliphatic imine (C=N–C) groups is 1. The van der Waals surface area contributed by atoms with Crippen LogP contribution in [0.1, 0.15) is 42.7 Å². The Balaban J connectivity index is 2.00. The third-order valence-electron chi connectivity index (χ3n) is 5.14. The van der Waals surface area contributed by atoms with Gasteiger partial charge in [0.05, 0.1) is 11.4 Å². The quantitative estimate of drug-likeness (QED) is 0.611. The molecule has 2 aromatic heterocycles. The normalized spacial score (nSPS) is 18.6. The van der Waals surface area contributed by atoms with E-state index >= 15 is 0 Å². The number of oxazole rings is 1. The van der Waals surface area contributed by atoms with Gasteiger partial charge in [-0.2, -0.15) is 0 Å². The molecule has 0 aliphatic carbocycles. The topological polar surface area (TPSA) is 113 Å². The highest BCUT2D eigenvalue weighted by atomic mass is 19.1. The number of aryl methyl sites for hydroxylation is 1. The lowest BCUT2D eigenvalue weighted by Gasteiger charge is -2.21. The molecule has 0 amide bonds. The van der Waals surface area contributed by atoms with Gasteiger partial charge in [-0.15, -0.1) is 0 Å². The van der Waals surface area contributed by atoms with Crippen LogP contribution in [0.4, 0.5) is 10.2 Å². The van der Waals surface area contributed by atoms with Gasteiger partial charge in [-0.1, -0.05) is 0 Å². The summed E-state index contributed by atoms with van der Waals surface area (Å²) in [5.74, 6) is 1.29. The van der Waals surface area contributed by atoms with E-state index in [1.54, 1.807) is 25.3 Å². The highest BCUT2D eigenvalue weighted by Gasteiger charge is 2.25. The number of anilines is 1. The van der Waals surface area contributed by atoms with Crippen LogP contribution in [0.15, 0.2) is 51.6 Å². The zero-order valence-electron chi connectivity index (χ0n) is 17.6. The van der Waals surface area contributed by atoms with E-state index in [0.29, 0.717) is 52.9 Å². The molecule has 4 N–H and O–H groups in total. The van der Waals surface area contributed by atoms with Crippen molar-refractivity contribution in [3.05, 3.63) is 70.8 Å². The number of pyridine rings is 1. The number of fused-ring (bicyclic) bond motifs is 5. The first kappa shape index (κ1) is 20.6. The molecule has 1 aromatic carbocycles. The van der Waals surface area contributed by atoms with E-state index < -0.39 is 6.10 Å². The lowest BCUT2D eigenvalue weighted by Crippen LogP contribution is -2.15. The average molecular weight is 421 g/mol. The van der Waals surface area contributed by atoms with Crippen molar-refractivity contribution in [2.45, 2.75) is 33.3 Å². The zero-order chi connectivity index (χ0) is 22.1. The minimum absolute atomic E-state index is 0.232. The maximum atomic E-state index is 14.2. The van der Waals surface area contributed by atoms with E-state index in [-0.39, 0.29) is 11.6 Å². The number of hydrogen-bond acceptors (Lipinski definition) is 7. The molecule has 0 unspecified atom stereocenters. The highest BCUT2D eigenvalue weighted by Crippen LogP contribution is 2.37. The minimum Gasteiger partial charge on any atom is -0.482 e. The molecule has 0 saturated carbocycles. The van der Waals surface area contributed by atoms with Crippen molar-refractivity contribution in [1.29, 1.82) is 0 Å². The molecule has 1 aliphatic heterocycles. The number of nitrogens with two attached hydrogens (primary N) is 2. The van der Waals surface area contributed by atoms with Crippen LogP contribution in [-0.4, -0.2) is 22.2 Å². The first-order valence-electron chi connectivity index (χ1n) is 10.1. The second kappa shape index (κ2) is 8.22. The molecule has 0 saturated heterocycles. The molecule has 4 rings (SSSR count). The van der Waals surface area contributed by atoms with Gasteiger partial charge < -0.3 is 20.6 Å². The monoisotopic (exact) mass is 421 g/mol. The standard InChI is InChI=1S/C23H24FN5O2/c1-4-27-21-14(10-25)7-19-22(31-13(3)29-19)17-6-5-16(24)9-18(17)12(2)30-20-8-15(21)11-28-23(20)26/h5-6,8-12H,4,7,25H2,1-3H3,(H2,26,28)/t12-/m1/s1. The van der Waals surface area contributed by atoms with Gasteiger partial charge in [0, 0.05) is 42.8 Å². The van der Waals surface area contributed by atoms with Gasteiger partial charge in [0.15, 0.2) is 23.2 Å². The van der Waals surface area contributed by atoms with Crippen LogP contribution < -0.4 is 16.2 Å². The molecule has 3 aromatic rings. The van der Waals surface area contributed by atoms with Crippen molar-refractivity contribution in [2.24, 2.45) is 10.7 Å². The number of nitrogens with zero attached hydrogens (tertiary/aromatic N) is 3. The van der Waals surface area contributed by atoms with Gasteiger partial charge in [-0.05, 0) is 49.9 Å². The summed E-state index contributed by atoms with van der Waals surface area (Å²) >= 11 is 0. The van der Waals surface area contributed by atoms with Crippen LogP contribution in [0.2, 0.25) is 0 Å². The Kier molecular flexibility index (Phi) is 5.46. The number of rotatable bonds is 1. The fourth-order valence-corrected chi connectivity index (χ4v) is 3.75. The minimum atomic E-state index is -0.529. The summed E-state index contributed by atoms with van der Waals surface area (Å²) in [7, 11) is 0. The summed E-state index contributed by atoms with van der Waals surface area (Å²) < 4.78 is 26.3. The summed E-state index contributed by atoms with van der Waals surface area (Å²) in [4.78, 5) is 13.5. The van der Waals surface area contributed by atoms with E-state index in [0.717, 1.165) is 11.1 Å². The van der Waals surface area contributed by atoms with Crippen molar-refractivity contribution in [1.82, 2.24) is 9.97 Å². The predicted molar refractivity (Wildman–Crippen MR) is 117 cm³/mol. The van der Waals surface area contributed by atoms with E-state index in [1.165, 1.54) is 18.3 Å². The Bertz CT molecular complexity index is 1200.